The van der Waals surface area contributed by atoms with Crippen molar-refractivity contribution in [1.82, 2.24) is 4.98 Å². The molecule has 0 saturated heterocycles. The van der Waals surface area contributed by atoms with E-state index < -0.39 is 11.7 Å². The van der Waals surface area contributed by atoms with Crippen molar-refractivity contribution in [2.24, 2.45) is 0 Å². The molecule has 96 valence electrons. The van der Waals surface area contributed by atoms with E-state index in [1.54, 1.807) is 12.1 Å². The summed E-state index contributed by atoms with van der Waals surface area (Å²) in [6.45, 7) is 0. The third-order valence-electron chi connectivity index (χ3n) is 2.70. The van der Waals surface area contributed by atoms with Gasteiger partial charge in [-0.3, -0.25) is 9.78 Å². The normalized spacial score (nSPS) is 11.8. The predicted molar refractivity (Wildman–Crippen MR) is 64.6 cm³/mol. The number of hydrogen-bond acceptors (Lipinski definition) is 4. The molecule has 0 amide bonds. The second-order valence-electron chi connectivity index (χ2n) is 4.01. The zero-order valence-electron chi connectivity index (χ0n) is 10.0. The quantitative estimate of drug-likeness (QED) is 0.826. The van der Waals surface area contributed by atoms with Gasteiger partial charge in [-0.15, -0.1) is 0 Å². The minimum Gasteiger partial charge on any atom is -0.469 e. The smallest absolute Gasteiger partial charge is 0.156 e. The highest BCUT2D eigenvalue weighted by molar-refractivity contribution is 5.88. The summed E-state index contributed by atoms with van der Waals surface area (Å²) in [4.78, 5) is 15.7. The first kappa shape index (κ1) is 13.0. The molecule has 2 aromatic heterocycles. The highest BCUT2D eigenvalue weighted by atomic mass is 19.1. The van der Waals surface area contributed by atoms with E-state index in [0.29, 0.717) is 12.2 Å². The summed E-state index contributed by atoms with van der Waals surface area (Å²) in [6.07, 6.45) is 3.15. The third-order valence-corrected chi connectivity index (χ3v) is 2.70. The molecule has 0 saturated carbocycles. The van der Waals surface area contributed by atoms with Crippen molar-refractivity contribution in [2.45, 2.75) is 18.8 Å². The van der Waals surface area contributed by atoms with Gasteiger partial charge in [0.1, 0.15) is 17.5 Å². The average Bonchev–Trinajstić information content (AvgIpc) is 2.92. The monoisotopic (exact) mass is 258 g/mol. The van der Waals surface area contributed by atoms with Crippen molar-refractivity contribution >= 4 is 5.78 Å². The van der Waals surface area contributed by atoms with Crippen LogP contribution in [0.4, 0.5) is 4.39 Å². The van der Waals surface area contributed by atoms with E-state index in [0.717, 1.165) is 6.20 Å². The van der Waals surface area contributed by atoms with Gasteiger partial charge < -0.3 is 4.42 Å². The van der Waals surface area contributed by atoms with E-state index in [2.05, 4.69) is 4.98 Å². The van der Waals surface area contributed by atoms with Gasteiger partial charge in [-0.2, -0.15) is 5.26 Å². The SMILES string of the molecule is N#CC(C(=O)CCc1ccco1)c1ccc(F)cn1. The second kappa shape index (κ2) is 5.91. The molecule has 0 N–H and O–H groups in total. The molecule has 0 aliphatic rings. The number of pyridine rings is 1. The van der Waals surface area contributed by atoms with Crippen LogP contribution >= 0.6 is 0 Å². The van der Waals surface area contributed by atoms with Crippen LogP contribution in [-0.2, 0) is 11.2 Å². The lowest BCUT2D eigenvalue weighted by molar-refractivity contribution is -0.119. The van der Waals surface area contributed by atoms with Gasteiger partial charge in [-0.05, 0) is 24.3 Å². The number of carbonyl (C=O) groups is 1. The van der Waals surface area contributed by atoms with Crippen LogP contribution < -0.4 is 0 Å². The molecule has 5 heteroatoms. The van der Waals surface area contributed by atoms with Crippen molar-refractivity contribution in [3.8, 4) is 6.07 Å². The van der Waals surface area contributed by atoms with Gasteiger partial charge in [0.25, 0.3) is 0 Å². The van der Waals surface area contributed by atoms with Crippen LogP contribution in [0.2, 0.25) is 0 Å². The maximum atomic E-state index is 12.7. The molecule has 0 aliphatic heterocycles. The molecule has 2 rings (SSSR count). The number of furan rings is 1. The van der Waals surface area contributed by atoms with Crippen LogP contribution in [0.15, 0.2) is 41.1 Å². The molecule has 0 aromatic carbocycles. The number of nitrogens with zero attached hydrogens (tertiary/aromatic N) is 2. The highest BCUT2D eigenvalue weighted by Gasteiger charge is 2.21. The van der Waals surface area contributed by atoms with Gasteiger partial charge >= 0.3 is 0 Å². The molecule has 4 nitrogen and oxygen atoms in total. The molecular formula is C14H11FN2O2. The Morgan fingerprint density at radius 2 is 2.32 bits per heavy atom. The molecule has 0 radical (unpaired) electrons. The van der Waals surface area contributed by atoms with Crippen molar-refractivity contribution < 1.29 is 13.6 Å². The van der Waals surface area contributed by atoms with Crippen molar-refractivity contribution in [3.05, 3.63) is 54.0 Å². The summed E-state index contributed by atoms with van der Waals surface area (Å²) in [5.41, 5.74) is 0.272. The Morgan fingerprint density at radius 1 is 1.47 bits per heavy atom. The van der Waals surface area contributed by atoms with E-state index in [9.17, 15) is 9.18 Å². The lowest BCUT2D eigenvalue weighted by Crippen LogP contribution is -2.13. The van der Waals surface area contributed by atoms with Crippen LogP contribution in [0.3, 0.4) is 0 Å². The van der Waals surface area contributed by atoms with Gasteiger partial charge in [-0.25, -0.2) is 4.39 Å². The number of aryl methyl sites for hydroxylation is 1. The van der Waals surface area contributed by atoms with Crippen LogP contribution in [0.5, 0.6) is 0 Å². The van der Waals surface area contributed by atoms with Gasteiger partial charge in [0, 0.05) is 12.8 Å². The molecule has 2 aromatic rings. The number of nitriles is 1. The van der Waals surface area contributed by atoms with Crippen LogP contribution in [0.25, 0.3) is 0 Å². The Kier molecular flexibility index (Phi) is 4.04. The molecule has 0 fully saturated rings. The Balaban J connectivity index is 2.03. The number of Topliss-reactive ketones (excluding diaryl/α,β-unsaturated/α-hetero) is 1. The number of halogens is 1. The number of ketones is 1. The molecule has 19 heavy (non-hydrogen) atoms. The number of rotatable bonds is 5. The van der Waals surface area contributed by atoms with E-state index >= 15 is 0 Å². The summed E-state index contributed by atoms with van der Waals surface area (Å²) in [5, 5.41) is 9.05. The summed E-state index contributed by atoms with van der Waals surface area (Å²) in [7, 11) is 0. The molecular weight excluding hydrogens is 247 g/mol. The first-order chi connectivity index (χ1) is 9.20. The average molecular weight is 258 g/mol. The van der Waals surface area contributed by atoms with Gasteiger partial charge in [0.15, 0.2) is 5.78 Å². The van der Waals surface area contributed by atoms with E-state index in [1.165, 1.54) is 18.4 Å². The third kappa shape index (κ3) is 3.26. The minimum absolute atomic E-state index is 0.185. The summed E-state index contributed by atoms with van der Waals surface area (Å²) < 4.78 is 17.9. The first-order valence-electron chi connectivity index (χ1n) is 5.77. The number of hydrogen-bond donors (Lipinski definition) is 0. The van der Waals surface area contributed by atoms with E-state index in [1.807, 2.05) is 6.07 Å². The fourth-order valence-electron chi connectivity index (χ4n) is 1.71. The van der Waals surface area contributed by atoms with Gasteiger partial charge in [0.2, 0.25) is 0 Å². The number of aromatic nitrogens is 1. The Hall–Kier alpha value is -2.48. The zero-order chi connectivity index (χ0) is 13.7. The van der Waals surface area contributed by atoms with Crippen LogP contribution in [0, 0.1) is 17.1 Å². The molecule has 0 spiro atoms. The second-order valence-corrected chi connectivity index (χ2v) is 4.01. The maximum absolute atomic E-state index is 12.7. The Morgan fingerprint density at radius 3 is 2.89 bits per heavy atom. The molecule has 2 heterocycles. The lowest BCUT2D eigenvalue weighted by atomic mass is 9.97. The minimum atomic E-state index is -0.962. The van der Waals surface area contributed by atoms with Crippen LogP contribution in [0.1, 0.15) is 23.8 Å². The molecule has 1 unspecified atom stereocenters. The Bertz CT molecular complexity index is 585. The summed E-state index contributed by atoms with van der Waals surface area (Å²) >= 11 is 0. The van der Waals surface area contributed by atoms with E-state index in [4.69, 9.17) is 9.68 Å². The lowest BCUT2D eigenvalue weighted by Gasteiger charge is -2.06. The molecule has 0 bridgehead atoms. The van der Waals surface area contributed by atoms with Gasteiger partial charge in [0.05, 0.1) is 24.2 Å². The summed E-state index contributed by atoms with van der Waals surface area (Å²) in [5.74, 6) is -1.02. The Labute approximate surface area is 109 Å². The zero-order valence-corrected chi connectivity index (χ0v) is 10.0. The van der Waals surface area contributed by atoms with Crippen molar-refractivity contribution in [3.63, 3.8) is 0 Å². The number of carbonyl (C=O) groups excluding carboxylic acids is 1. The fraction of sp³-hybridized carbons (Fsp3) is 0.214. The largest absolute Gasteiger partial charge is 0.469 e. The standard InChI is InChI=1S/C14H11FN2O2/c15-10-3-5-13(17-9-10)12(8-16)14(18)6-4-11-2-1-7-19-11/h1-3,5,7,9,12H,4,6H2. The van der Waals surface area contributed by atoms with Crippen molar-refractivity contribution in [1.29, 1.82) is 5.26 Å². The molecule has 1 atom stereocenters. The van der Waals surface area contributed by atoms with E-state index in [-0.39, 0.29) is 17.9 Å². The first-order valence-corrected chi connectivity index (χ1v) is 5.77. The fourth-order valence-corrected chi connectivity index (χ4v) is 1.71. The van der Waals surface area contributed by atoms with Crippen molar-refractivity contribution in [2.75, 3.05) is 0 Å². The predicted octanol–water partition coefficient (Wildman–Crippen LogP) is 2.62. The molecule has 0 aliphatic carbocycles. The summed E-state index contributed by atoms with van der Waals surface area (Å²) in [6, 6.07) is 7.95. The highest BCUT2D eigenvalue weighted by Crippen LogP contribution is 2.17. The topological polar surface area (TPSA) is 66.9 Å². The maximum Gasteiger partial charge on any atom is 0.156 e. The van der Waals surface area contributed by atoms with Gasteiger partial charge in [-0.1, -0.05) is 0 Å². The van der Waals surface area contributed by atoms with Crippen LogP contribution in [-0.4, -0.2) is 10.8 Å².